The molecule has 6 heteroatoms. The maximum absolute atomic E-state index is 13.6. The molecule has 0 saturated carbocycles. The van der Waals surface area contributed by atoms with Crippen LogP contribution in [0.2, 0.25) is 0 Å². The molecule has 2 heterocycles. The molecule has 5 nitrogen and oxygen atoms in total. The van der Waals surface area contributed by atoms with Crippen molar-refractivity contribution in [1.29, 1.82) is 0 Å². The third-order valence-electron chi connectivity index (χ3n) is 4.93. The van der Waals surface area contributed by atoms with Crippen LogP contribution in [0.25, 0.3) is 0 Å². The molecule has 0 aliphatic carbocycles. The van der Waals surface area contributed by atoms with E-state index < -0.39 is 5.54 Å². The van der Waals surface area contributed by atoms with Gasteiger partial charge in [-0.05, 0) is 40.6 Å². The lowest BCUT2D eigenvalue weighted by atomic mass is 9.83. The Balaban J connectivity index is 1.67. The van der Waals surface area contributed by atoms with Crippen molar-refractivity contribution in [3.63, 3.8) is 0 Å². The van der Waals surface area contributed by atoms with Crippen LogP contribution in [0.5, 0.6) is 0 Å². The van der Waals surface area contributed by atoms with Crippen molar-refractivity contribution in [3.8, 4) is 0 Å². The molecule has 28 heavy (non-hydrogen) atoms. The molecule has 1 N–H and O–H groups in total. The number of urea groups is 1. The van der Waals surface area contributed by atoms with E-state index in [9.17, 15) is 9.59 Å². The van der Waals surface area contributed by atoms with Crippen molar-refractivity contribution < 1.29 is 9.59 Å². The number of carbonyl (C=O) groups is 2. The van der Waals surface area contributed by atoms with Crippen LogP contribution in [0.1, 0.15) is 16.7 Å². The highest BCUT2D eigenvalue weighted by Crippen LogP contribution is 2.36. The molecular weight excluding hydrogens is 370 g/mol. The average molecular weight is 391 g/mol. The predicted molar refractivity (Wildman–Crippen MR) is 110 cm³/mol. The Morgan fingerprint density at radius 1 is 0.964 bits per heavy atom. The SMILES string of the molecule is CN(Cc1ccsc1)CN1C(=O)NC(c2ccccc2)(c2ccccc2)C1=O. The lowest BCUT2D eigenvalue weighted by Crippen LogP contribution is -2.46. The number of hydrogen-bond donors (Lipinski definition) is 1. The topological polar surface area (TPSA) is 52.6 Å². The van der Waals surface area contributed by atoms with E-state index in [-0.39, 0.29) is 18.6 Å². The quantitative estimate of drug-likeness (QED) is 0.653. The number of thiophene rings is 1. The Bertz CT molecular complexity index is 918. The van der Waals surface area contributed by atoms with Crippen molar-refractivity contribution in [1.82, 2.24) is 15.1 Å². The van der Waals surface area contributed by atoms with E-state index in [4.69, 9.17) is 0 Å². The van der Waals surface area contributed by atoms with E-state index in [1.54, 1.807) is 11.3 Å². The highest BCUT2D eigenvalue weighted by Gasteiger charge is 2.53. The number of nitrogens with one attached hydrogen (secondary N) is 1. The second kappa shape index (κ2) is 7.58. The Labute approximate surface area is 168 Å². The van der Waals surface area contributed by atoms with Gasteiger partial charge in [0.25, 0.3) is 5.91 Å². The molecule has 1 saturated heterocycles. The first-order chi connectivity index (χ1) is 13.6. The number of amides is 3. The largest absolute Gasteiger partial charge is 0.326 e. The van der Waals surface area contributed by atoms with Crippen LogP contribution >= 0.6 is 11.3 Å². The average Bonchev–Trinajstić information content (AvgIpc) is 3.31. The van der Waals surface area contributed by atoms with Gasteiger partial charge < -0.3 is 5.32 Å². The number of carbonyl (C=O) groups excluding carboxylic acids is 2. The van der Waals surface area contributed by atoms with Gasteiger partial charge in [0, 0.05) is 6.54 Å². The standard InChI is InChI=1S/C22H21N3O2S/c1-24(14-17-12-13-28-15-17)16-25-20(26)22(23-21(25)27,18-8-4-2-5-9-18)19-10-6-3-7-11-19/h2-13,15H,14,16H2,1H3,(H,23,27). The summed E-state index contributed by atoms with van der Waals surface area (Å²) in [6.07, 6.45) is 0. The summed E-state index contributed by atoms with van der Waals surface area (Å²) in [6.45, 7) is 0.895. The first-order valence-electron chi connectivity index (χ1n) is 9.06. The van der Waals surface area contributed by atoms with Crippen molar-refractivity contribution in [2.75, 3.05) is 13.7 Å². The van der Waals surface area contributed by atoms with Crippen molar-refractivity contribution in [2.24, 2.45) is 0 Å². The van der Waals surface area contributed by atoms with Crippen LogP contribution in [0, 0.1) is 0 Å². The zero-order valence-corrected chi connectivity index (χ0v) is 16.4. The van der Waals surface area contributed by atoms with Gasteiger partial charge in [-0.25, -0.2) is 9.69 Å². The number of hydrogen-bond acceptors (Lipinski definition) is 4. The molecule has 0 radical (unpaired) electrons. The second-order valence-electron chi connectivity index (χ2n) is 6.93. The smallest absolute Gasteiger partial charge is 0.315 e. The van der Waals surface area contributed by atoms with Gasteiger partial charge in [0.1, 0.15) is 0 Å². The molecule has 1 aliphatic heterocycles. The van der Waals surface area contributed by atoms with E-state index in [0.717, 1.165) is 16.7 Å². The van der Waals surface area contributed by atoms with Crippen LogP contribution in [0.15, 0.2) is 77.5 Å². The molecule has 2 aromatic carbocycles. The molecule has 3 aromatic rings. The minimum Gasteiger partial charge on any atom is -0.315 e. The lowest BCUT2D eigenvalue weighted by Gasteiger charge is -2.28. The van der Waals surface area contributed by atoms with Crippen LogP contribution in [-0.4, -0.2) is 35.5 Å². The molecule has 1 aliphatic rings. The summed E-state index contributed by atoms with van der Waals surface area (Å²) in [4.78, 5) is 29.7. The van der Waals surface area contributed by atoms with E-state index in [0.29, 0.717) is 6.54 Å². The molecule has 0 bridgehead atoms. The van der Waals surface area contributed by atoms with Crippen LogP contribution in [0.3, 0.4) is 0 Å². The highest BCUT2D eigenvalue weighted by molar-refractivity contribution is 7.07. The third-order valence-corrected chi connectivity index (χ3v) is 5.67. The summed E-state index contributed by atoms with van der Waals surface area (Å²) >= 11 is 1.63. The Morgan fingerprint density at radius 2 is 1.57 bits per heavy atom. The summed E-state index contributed by atoms with van der Waals surface area (Å²) < 4.78 is 0. The normalized spacial score (nSPS) is 15.9. The number of benzene rings is 2. The Morgan fingerprint density at radius 3 is 2.11 bits per heavy atom. The third kappa shape index (κ3) is 3.21. The summed E-state index contributed by atoms with van der Waals surface area (Å²) in [6, 6.07) is 20.5. The zero-order chi connectivity index (χ0) is 19.6. The van der Waals surface area contributed by atoms with Gasteiger partial charge in [-0.3, -0.25) is 9.69 Å². The first kappa shape index (κ1) is 18.4. The van der Waals surface area contributed by atoms with Crippen LogP contribution < -0.4 is 5.32 Å². The van der Waals surface area contributed by atoms with Gasteiger partial charge in [-0.15, -0.1) is 0 Å². The fraction of sp³-hybridized carbons (Fsp3) is 0.182. The first-order valence-corrected chi connectivity index (χ1v) is 10.0. The molecule has 3 amide bonds. The minimum absolute atomic E-state index is 0.224. The molecule has 0 atom stereocenters. The van der Waals surface area contributed by atoms with E-state index in [1.165, 1.54) is 4.90 Å². The lowest BCUT2D eigenvalue weighted by molar-refractivity contribution is -0.131. The van der Waals surface area contributed by atoms with Gasteiger partial charge in [0.2, 0.25) is 0 Å². The molecule has 1 fully saturated rings. The van der Waals surface area contributed by atoms with Crippen molar-refractivity contribution >= 4 is 23.3 Å². The van der Waals surface area contributed by atoms with Crippen LogP contribution in [-0.2, 0) is 16.9 Å². The summed E-state index contributed by atoms with van der Waals surface area (Å²) in [5, 5.41) is 7.07. The summed E-state index contributed by atoms with van der Waals surface area (Å²) in [5.74, 6) is -0.257. The van der Waals surface area contributed by atoms with Gasteiger partial charge in [0.05, 0.1) is 6.67 Å². The maximum atomic E-state index is 13.6. The second-order valence-corrected chi connectivity index (χ2v) is 7.71. The fourth-order valence-corrected chi connectivity index (χ4v) is 4.28. The van der Waals surface area contributed by atoms with Crippen LogP contribution in [0.4, 0.5) is 4.79 Å². The molecule has 0 spiro atoms. The maximum Gasteiger partial charge on any atom is 0.326 e. The molecular formula is C22H21N3O2S. The molecule has 4 rings (SSSR count). The number of imide groups is 1. The molecule has 142 valence electrons. The van der Waals surface area contributed by atoms with Gasteiger partial charge in [-0.2, -0.15) is 11.3 Å². The summed E-state index contributed by atoms with van der Waals surface area (Å²) in [7, 11) is 1.91. The van der Waals surface area contributed by atoms with Gasteiger partial charge in [0.15, 0.2) is 5.54 Å². The monoisotopic (exact) mass is 391 g/mol. The number of rotatable bonds is 6. The van der Waals surface area contributed by atoms with E-state index in [1.807, 2.05) is 84.1 Å². The Hall–Kier alpha value is -2.96. The highest BCUT2D eigenvalue weighted by atomic mass is 32.1. The Kier molecular flexibility index (Phi) is 4.98. The molecule has 1 aromatic heterocycles. The van der Waals surface area contributed by atoms with Gasteiger partial charge >= 0.3 is 6.03 Å². The minimum atomic E-state index is -1.21. The number of nitrogens with zero attached hydrogens (tertiary/aromatic N) is 2. The zero-order valence-electron chi connectivity index (χ0n) is 15.5. The summed E-state index contributed by atoms with van der Waals surface area (Å²) in [5.41, 5.74) is 1.46. The van der Waals surface area contributed by atoms with Crippen molar-refractivity contribution in [3.05, 3.63) is 94.2 Å². The fourth-order valence-electron chi connectivity index (χ4n) is 3.62. The predicted octanol–water partition coefficient (Wildman–Crippen LogP) is 3.63. The van der Waals surface area contributed by atoms with Crippen molar-refractivity contribution in [2.45, 2.75) is 12.1 Å². The van der Waals surface area contributed by atoms with E-state index >= 15 is 0 Å². The molecule has 0 unspecified atom stereocenters. The van der Waals surface area contributed by atoms with Gasteiger partial charge in [-0.1, -0.05) is 60.7 Å². The van der Waals surface area contributed by atoms with E-state index in [2.05, 4.69) is 10.7 Å².